The van der Waals surface area contributed by atoms with E-state index in [9.17, 15) is 14.7 Å². The van der Waals surface area contributed by atoms with E-state index in [0.717, 1.165) is 22.2 Å². The van der Waals surface area contributed by atoms with Crippen LogP contribution in [-0.4, -0.2) is 64.5 Å². The van der Waals surface area contributed by atoms with Gasteiger partial charge in [-0.15, -0.1) is 0 Å². The molecule has 1 amide bonds. The molecule has 1 saturated heterocycles. The third-order valence-corrected chi connectivity index (χ3v) is 4.62. The SMILES string of the molecule is Cc1cc(C(=O)N2CCN(C)[C@@H](C(=O)O)C2)c2cccc(C)c2n1. The van der Waals surface area contributed by atoms with Gasteiger partial charge in [0.25, 0.3) is 5.91 Å². The van der Waals surface area contributed by atoms with Crippen molar-refractivity contribution in [2.24, 2.45) is 0 Å². The van der Waals surface area contributed by atoms with E-state index in [1.54, 1.807) is 22.9 Å². The normalized spacial score (nSPS) is 18.8. The van der Waals surface area contributed by atoms with E-state index in [0.29, 0.717) is 18.7 Å². The number of pyridine rings is 1. The number of carboxylic acid groups (broad SMARTS) is 1. The molecule has 1 atom stereocenters. The molecule has 0 unspecified atom stereocenters. The van der Waals surface area contributed by atoms with Crippen LogP contribution in [0.5, 0.6) is 0 Å². The number of carbonyl (C=O) groups is 2. The van der Waals surface area contributed by atoms with Crippen molar-refractivity contribution < 1.29 is 14.7 Å². The van der Waals surface area contributed by atoms with Crippen LogP contribution in [0.15, 0.2) is 24.3 Å². The number of para-hydroxylation sites is 1. The lowest BCUT2D eigenvalue weighted by molar-refractivity contribution is -0.144. The fourth-order valence-electron chi connectivity index (χ4n) is 3.19. The largest absolute Gasteiger partial charge is 0.480 e. The third kappa shape index (κ3) is 2.85. The smallest absolute Gasteiger partial charge is 0.322 e. The van der Waals surface area contributed by atoms with Gasteiger partial charge >= 0.3 is 5.97 Å². The Bertz CT molecular complexity index is 819. The molecule has 0 aliphatic carbocycles. The van der Waals surface area contributed by atoms with Crippen molar-refractivity contribution in [1.29, 1.82) is 0 Å². The Hall–Kier alpha value is -2.47. The number of aromatic nitrogens is 1. The average molecular weight is 327 g/mol. The number of piperazine rings is 1. The third-order valence-electron chi connectivity index (χ3n) is 4.62. The number of carboxylic acids is 1. The molecular formula is C18H21N3O3. The second kappa shape index (κ2) is 6.20. The van der Waals surface area contributed by atoms with Crippen molar-refractivity contribution in [2.75, 3.05) is 26.7 Å². The maximum atomic E-state index is 13.0. The number of aliphatic carboxylic acids is 1. The van der Waals surface area contributed by atoms with Crippen molar-refractivity contribution in [1.82, 2.24) is 14.8 Å². The predicted octanol–water partition coefficient (Wildman–Crippen LogP) is 1.69. The average Bonchev–Trinajstić information content (AvgIpc) is 2.54. The first kappa shape index (κ1) is 16.4. The number of hydrogen-bond acceptors (Lipinski definition) is 4. The zero-order valence-electron chi connectivity index (χ0n) is 14.1. The number of nitrogens with zero attached hydrogens (tertiary/aromatic N) is 3. The highest BCUT2D eigenvalue weighted by Gasteiger charge is 2.33. The summed E-state index contributed by atoms with van der Waals surface area (Å²) in [6.45, 7) is 5.10. The summed E-state index contributed by atoms with van der Waals surface area (Å²) >= 11 is 0. The standard InChI is InChI=1S/C18H21N3O3/c1-11-5-4-6-13-14(9-12(2)19-16(11)13)17(22)21-8-7-20(3)15(10-21)18(23)24/h4-6,9,15H,7-8,10H2,1-3H3,(H,23,24)/t15-/m1/s1. The van der Waals surface area contributed by atoms with Crippen molar-refractivity contribution in [3.05, 3.63) is 41.1 Å². The highest BCUT2D eigenvalue weighted by Crippen LogP contribution is 2.23. The van der Waals surface area contributed by atoms with Crippen LogP contribution in [0.1, 0.15) is 21.6 Å². The minimum atomic E-state index is -0.901. The molecule has 1 aliphatic heterocycles. The molecule has 2 aromatic rings. The van der Waals surface area contributed by atoms with Crippen molar-refractivity contribution in [3.63, 3.8) is 0 Å². The summed E-state index contributed by atoms with van der Waals surface area (Å²) in [7, 11) is 1.77. The summed E-state index contributed by atoms with van der Waals surface area (Å²) in [6.07, 6.45) is 0. The molecule has 1 fully saturated rings. The second-order valence-corrected chi connectivity index (χ2v) is 6.37. The van der Waals surface area contributed by atoms with E-state index in [1.807, 2.05) is 32.0 Å². The molecule has 126 valence electrons. The highest BCUT2D eigenvalue weighted by molar-refractivity contribution is 6.07. The quantitative estimate of drug-likeness (QED) is 0.909. The Morgan fingerprint density at radius 3 is 2.71 bits per heavy atom. The van der Waals surface area contributed by atoms with Gasteiger partial charge in [-0.05, 0) is 32.5 Å². The second-order valence-electron chi connectivity index (χ2n) is 6.37. The summed E-state index contributed by atoms with van der Waals surface area (Å²) in [5.74, 6) is -1.03. The van der Waals surface area contributed by atoms with Crippen molar-refractivity contribution in [3.8, 4) is 0 Å². The number of carbonyl (C=O) groups excluding carboxylic acids is 1. The molecule has 0 bridgehead atoms. The van der Waals surface area contributed by atoms with Crippen LogP contribution >= 0.6 is 0 Å². The molecule has 0 saturated carbocycles. The van der Waals surface area contributed by atoms with Gasteiger partial charge in [-0.2, -0.15) is 0 Å². The Kier molecular flexibility index (Phi) is 4.24. The maximum Gasteiger partial charge on any atom is 0.322 e. The van der Waals surface area contributed by atoms with Crippen LogP contribution in [0.4, 0.5) is 0 Å². The Labute approximate surface area is 140 Å². The van der Waals surface area contributed by atoms with Gasteiger partial charge in [-0.3, -0.25) is 19.5 Å². The molecular weight excluding hydrogens is 306 g/mol. The van der Waals surface area contributed by atoms with Crippen LogP contribution in [0.2, 0.25) is 0 Å². The number of rotatable bonds is 2. The summed E-state index contributed by atoms with van der Waals surface area (Å²) in [6, 6.07) is 6.90. The number of fused-ring (bicyclic) bond motifs is 1. The summed E-state index contributed by atoms with van der Waals surface area (Å²) < 4.78 is 0. The number of hydrogen-bond donors (Lipinski definition) is 1. The van der Waals surface area contributed by atoms with Gasteiger partial charge in [0.15, 0.2) is 0 Å². The topological polar surface area (TPSA) is 73.7 Å². The Morgan fingerprint density at radius 2 is 2.00 bits per heavy atom. The molecule has 3 rings (SSSR count). The minimum absolute atomic E-state index is 0.129. The van der Waals surface area contributed by atoms with Gasteiger partial charge in [0, 0.05) is 30.7 Å². The van der Waals surface area contributed by atoms with Gasteiger partial charge in [0.2, 0.25) is 0 Å². The first-order chi connectivity index (χ1) is 11.4. The Morgan fingerprint density at radius 1 is 1.25 bits per heavy atom. The van der Waals surface area contributed by atoms with E-state index in [-0.39, 0.29) is 12.5 Å². The van der Waals surface area contributed by atoms with Crippen LogP contribution < -0.4 is 0 Å². The fourth-order valence-corrected chi connectivity index (χ4v) is 3.19. The lowest BCUT2D eigenvalue weighted by atomic mass is 10.0. The number of amides is 1. The molecule has 6 heteroatoms. The van der Waals surface area contributed by atoms with E-state index >= 15 is 0 Å². The predicted molar refractivity (Wildman–Crippen MR) is 91.2 cm³/mol. The fraction of sp³-hybridized carbons (Fsp3) is 0.389. The molecule has 1 aromatic carbocycles. The van der Waals surface area contributed by atoms with Crippen LogP contribution in [0, 0.1) is 13.8 Å². The molecule has 24 heavy (non-hydrogen) atoms. The summed E-state index contributed by atoms with van der Waals surface area (Å²) in [5, 5.41) is 10.2. The minimum Gasteiger partial charge on any atom is -0.480 e. The van der Waals surface area contributed by atoms with E-state index in [4.69, 9.17) is 0 Å². The zero-order chi connectivity index (χ0) is 17.4. The van der Waals surface area contributed by atoms with E-state index < -0.39 is 12.0 Å². The number of likely N-dealkylation sites (N-methyl/N-ethyl adjacent to an activating group) is 1. The van der Waals surface area contributed by atoms with Gasteiger partial charge in [0.1, 0.15) is 6.04 Å². The van der Waals surface area contributed by atoms with Gasteiger partial charge in [-0.1, -0.05) is 18.2 Å². The summed E-state index contributed by atoms with van der Waals surface area (Å²) in [4.78, 5) is 32.4. The van der Waals surface area contributed by atoms with Crippen LogP contribution in [-0.2, 0) is 4.79 Å². The molecule has 1 aromatic heterocycles. The zero-order valence-corrected chi connectivity index (χ0v) is 14.1. The van der Waals surface area contributed by atoms with Crippen molar-refractivity contribution in [2.45, 2.75) is 19.9 Å². The molecule has 1 aliphatic rings. The van der Waals surface area contributed by atoms with Crippen LogP contribution in [0.3, 0.4) is 0 Å². The first-order valence-corrected chi connectivity index (χ1v) is 7.98. The van der Waals surface area contributed by atoms with Gasteiger partial charge in [-0.25, -0.2) is 0 Å². The number of benzene rings is 1. The van der Waals surface area contributed by atoms with Crippen LogP contribution in [0.25, 0.3) is 10.9 Å². The summed E-state index contributed by atoms with van der Waals surface area (Å²) in [5.41, 5.74) is 3.22. The molecule has 0 radical (unpaired) electrons. The number of aryl methyl sites for hydroxylation is 2. The molecule has 6 nitrogen and oxygen atoms in total. The molecule has 0 spiro atoms. The maximum absolute atomic E-state index is 13.0. The Balaban J connectivity index is 2.00. The monoisotopic (exact) mass is 327 g/mol. The molecule has 2 heterocycles. The highest BCUT2D eigenvalue weighted by atomic mass is 16.4. The van der Waals surface area contributed by atoms with E-state index in [2.05, 4.69) is 4.98 Å². The van der Waals surface area contributed by atoms with Gasteiger partial charge in [0.05, 0.1) is 11.1 Å². The lowest BCUT2D eigenvalue weighted by Gasteiger charge is -2.37. The van der Waals surface area contributed by atoms with E-state index in [1.165, 1.54) is 0 Å². The van der Waals surface area contributed by atoms with Crippen molar-refractivity contribution >= 4 is 22.8 Å². The first-order valence-electron chi connectivity index (χ1n) is 7.98. The molecule has 1 N–H and O–H groups in total. The lowest BCUT2D eigenvalue weighted by Crippen LogP contribution is -2.56. The van der Waals surface area contributed by atoms with Gasteiger partial charge < -0.3 is 10.0 Å².